The fourth-order valence-corrected chi connectivity index (χ4v) is 6.06. The molecule has 0 spiro atoms. The second-order valence-corrected chi connectivity index (χ2v) is 10.6. The molecule has 4 aliphatic rings. The number of rotatable bonds is 2. The van der Waals surface area contributed by atoms with Gasteiger partial charge >= 0.3 is 0 Å². The zero-order valence-corrected chi connectivity index (χ0v) is 20.6. The maximum Gasteiger partial charge on any atom is 0.161 e. The minimum Gasteiger partial charge on any atom is -0.388 e. The van der Waals surface area contributed by atoms with E-state index in [2.05, 4.69) is 16.6 Å². The summed E-state index contributed by atoms with van der Waals surface area (Å²) in [6.07, 6.45) is -2.12. The van der Waals surface area contributed by atoms with Crippen LogP contribution in [-0.4, -0.2) is 128 Å². The number of hydrogen-bond acceptors (Lipinski definition) is 12. The lowest BCUT2D eigenvalue weighted by molar-refractivity contribution is -0.153. The summed E-state index contributed by atoms with van der Waals surface area (Å²) in [4.78, 5) is 12.5. The molecule has 32 heavy (non-hydrogen) atoms. The monoisotopic (exact) mass is 490 g/mol. The van der Waals surface area contributed by atoms with Crippen LogP contribution in [0.2, 0.25) is 0 Å². The van der Waals surface area contributed by atoms with Crippen LogP contribution in [0, 0.1) is 0 Å². The van der Waals surface area contributed by atoms with Gasteiger partial charge in [-0.3, -0.25) is 9.98 Å². The molecule has 4 aliphatic heterocycles. The number of aliphatic hydroxyl groups is 4. The Morgan fingerprint density at radius 1 is 0.844 bits per heavy atom. The molecule has 0 aromatic heterocycles. The molecule has 0 aromatic carbocycles. The summed E-state index contributed by atoms with van der Waals surface area (Å²) in [6.45, 7) is 5.52. The molecular weight excluding hydrogens is 456 g/mol. The third-order valence-electron chi connectivity index (χ3n) is 5.64. The average Bonchev–Trinajstić information content (AvgIpc) is 3.38. The Kier molecular flexibility index (Phi) is 8.53. The standard InChI is InChI=1S/C10H18N2O3S.C10H16N2O3S/c2*1-4-5-7(13)8(14)6-9(15-5)16-10(11-6)12(2)3/h5-9,13-14H,4H2,1-3H3;4-9,13-14H,1H2,2-3H3/t2*5-,6-,7-,8-,9-/m11/s1. The van der Waals surface area contributed by atoms with Gasteiger partial charge in [0.15, 0.2) is 10.3 Å². The van der Waals surface area contributed by atoms with Gasteiger partial charge in [0.05, 0.1) is 6.10 Å². The van der Waals surface area contributed by atoms with Crippen molar-refractivity contribution in [3.05, 3.63) is 12.7 Å². The van der Waals surface area contributed by atoms with Crippen molar-refractivity contribution in [2.24, 2.45) is 9.98 Å². The number of amidine groups is 2. The molecule has 0 aliphatic carbocycles. The molecule has 0 bridgehead atoms. The zero-order valence-electron chi connectivity index (χ0n) is 19.0. The van der Waals surface area contributed by atoms with E-state index in [0.717, 1.165) is 10.3 Å². The quantitative estimate of drug-likeness (QED) is 0.377. The highest BCUT2D eigenvalue weighted by Gasteiger charge is 2.48. The molecule has 182 valence electrons. The third-order valence-corrected chi connectivity index (χ3v) is 8.24. The van der Waals surface area contributed by atoms with Gasteiger partial charge in [0.1, 0.15) is 53.5 Å². The smallest absolute Gasteiger partial charge is 0.161 e. The number of fused-ring (bicyclic) bond motifs is 2. The largest absolute Gasteiger partial charge is 0.388 e. The first-order valence-corrected chi connectivity index (χ1v) is 12.3. The third kappa shape index (κ3) is 5.12. The van der Waals surface area contributed by atoms with Crippen molar-refractivity contribution in [1.82, 2.24) is 9.80 Å². The van der Waals surface area contributed by atoms with E-state index < -0.39 is 36.6 Å². The van der Waals surface area contributed by atoms with E-state index in [-0.39, 0.29) is 23.0 Å². The molecular formula is C20H34N4O6S2. The van der Waals surface area contributed by atoms with Crippen LogP contribution < -0.4 is 0 Å². The minimum absolute atomic E-state index is 0.166. The van der Waals surface area contributed by atoms with Crippen LogP contribution in [0.1, 0.15) is 13.3 Å². The van der Waals surface area contributed by atoms with Crippen LogP contribution in [0.4, 0.5) is 0 Å². The van der Waals surface area contributed by atoms with Crippen LogP contribution in [0.5, 0.6) is 0 Å². The summed E-state index contributed by atoms with van der Waals surface area (Å²) in [5.41, 5.74) is -0.403. The van der Waals surface area contributed by atoms with Crippen molar-refractivity contribution in [1.29, 1.82) is 0 Å². The highest BCUT2D eigenvalue weighted by atomic mass is 32.2. The van der Waals surface area contributed by atoms with Gasteiger partial charge in [-0.05, 0) is 6.42 Å². The first-order valence-electron chi connectivity index (χ1n) is 10.6. The number of ether oxygens (including phenoxy) is 2. The molecule has 0 radical (unpaired) electrons. The van der Waals surface area contributed by atoms with Crippen LogP contribution >= 0.6 is 23.5 Å². The Labute approximate surface area is 197 Å². The van der Waals surface area contributed by atoms with Gasteiger partial charge in [0.2, 0.25) is 0 Å². The van der Waals surface area contributed by atoms with Crippen molar-refractivity contribution in [2.75, 3.05) is 28.2 Å². The van der Waals surface area contributed by atoms with Gasteiger partial charge in [-0.2, -0.15) is 0 Å². The van der Waals surface area contributed by atoms with E-state index in [9.17, 15) is 20.4 Å². The van der Waals surface area contributed by atoms with Crippen LogP contribution in [0.15, 0.2) is 22.6 Å². The molecule has 12 heteroatoms. The fourth-order valence-electron chi connectivity index (χ4n) is 3.76. The summed E-state index contributed by atoms with van der Waals surface area (Å²) in [5.74, 6) is 0. The lowest BCUT2D eigenvalue weighted by atomic mass is 9.97. The number of aliphatic imine (C=N–C) groups is 2. The molecule has 2 fully saturated rings. The topological polar surface area (TPSA) is 131 Å². The van der Waals surface area contributed by atoms with Gasteiger partial charge in [-0.1, -0.05) is 36.5 Å². The normalized spacial score (nSPS) is 42.7. The van der Waals surface area contributed by atoms with E-state index in [1.54, 1.807) is 0 Å². The summed E-state index contributed by atoms with van der Waals surface area (Å²) in [5, 5.41) is 41.2. The van der Waals surface area contributed by atoms with Gasteiger partial charge < -0.3 is 39.7 Å². The number of hydrogen-bond donors (Lipinski definition) is 4. The molecule has 0 amide bonds. The summed E-state index contributed by atoms with van der Waals surface area (Å²) < 4.78 is 11.4. The van der Waals surface area contributed by atoms with Gasteiger partial charge in [-0.25, -0.2) is 0 Å². The number of nitrogens with zero attached hydrogens (tertiary/aromatic N) is 4. The van der Waals surface area contributed by atoms with E-state index in [1.807, 2.05) is 44.9 Å². The second-order valence-electron chi connectivity index (χ2n) is 8.45. The Balaban J connectivity index is 0.000000181. The lowest BCUT2D eigenvalue weighted by Crippen LogP contribution is -2.54. The SMILES string of the molecule is C=C[C@H]1O[C@@H]2SC(N(C)C)=N[C@@H]2[C@@H](O)[C@@H]1O.CC[C@H]1O[C@@H]2SC(N(C)C)=N[C@@H]2[C@@H](O)[C@@H]1O. The molecule has 0 unspecified atom stereocenters. The van der Waals surface area contributed by atoms with Crippen LogP contribution in [-0.2, 0) is 9.47 Å². The van der Waals surface area contributed by atoms with Gasteiger partial charge in [0, 0.05) is 28.2 Å². The maximum absolute atomic E-state index is 9.98. The molecule has 10 nitrogen and oxygen atoms in total. The first-order chi connectivity index (χ1) is 15.1. The lowest BCUT2D eigenvalue weighted by Gasteiger charge is -2.37. The van der Waals surface area contributed by atoms with Crippen molar-refractivity contribution in [3.8, 4) is 0 Å². The number of aliphatic hydroxyl groups excluding tert-OH is 4. The zero-order chi connectivity index (χ0) is 23.7. The molecule has 0 saturated carbocycles. The van der Waals surface area contributed by atoms with E-state index in [1.165, 1.54) is 29.6 Å². The van der Waals surface area contributed by atoms with Crippen LogP contribution in [0.25, 0.3) is 0 Å². The molecule has 4 rings (SSSR count). The predicted molar refractivity (Wildman–Crippen MR) is 127 cm³/mol. The van der Waals surface area contributed by atoms with E-state index in [0.29, 0.717) is 6.42 Å². The van der Waals surface area contributed by atoms with Crippen LogP contribution in [0.3, 0.4) is 0 Å². The van der Waals surface area contributed by atoms with Gasteiger partial charge in [-0.15, -0.1) is 6.58 Å². The molecule has 4 N–H and O–H groups in total. The Bertz CT molecular complexity index is 739. The molecule has 2 saturated heterocycles. The first kappa shape index (κ1) is 25.8. The minimum atomic E-state index is -0.954. The Morgan fingerprint density at radius 2 is 1.31 bits per heavy atom. The van der Waals surface area contributed by atoms with Gasteiger partial charge in [0.25, 0.3) is 0 Å². The van der Waals surface area contributed by atoms with Crippen molar-refractivity contribution >= 4 is 33.9 Å². The average molecular weight is 491 g/mol. The van der Waals surface area contributed by atoms with Crippen molar-refractivity contribution in [2.45, 2.75) is 72.9 Å². The second kappa shape index (κ2) is 10.6. The molecule has 10 atom stereocenters. The Morgan fingerprint density at radius 3 is 1.75 bits per heavy atom. The Hall–Kier alpha value is -0.860. The van der Waals surface area contributed by atoms with Crippen molar-refractivity contribution < 1.29 is 29.9 Å². The number of thioether (sulfide) groups is 2. The highest BCUT2D eigenvalue weighted by Crippen LogP contribution is 2.38. The van der Waals surface area contributed by atoms with E-state index >= 15 is 0 Å². The fraction of sp³-hybridized carbons (Fsp3) is 0.800. The predicted octanol–water partition coefficient (Wildman–Crippen LogP) is -0.472. The molecule has 4 heterocycles. The van der Waals surface area contributed by atoms with E-state index in [4.69, 9.17) is 9.47 Å². The molecule has 0 aromatic rings. The summed E-state index contributed by atoms with van der Waals surface area (Å²) in [7, 11) is 7.58. The maximum atomic E-state index is 9.98. The summed E-state index contributed by atoms with van der Waals surface area (Å²) in [6, 6.07) is -0.742. The highest BCUT2D eigenvalue weighted by molar-refractivity contribution is 8.14. The summed E-state index contributed by atoms with van der Waals surface area (Å²) >= 11 is 2.97. The van der Waals surface area contributed by atoms with Crippen molar-refractivity contribution in [3.63, 3.8) is 0 Å².